The van der Waals surface area contributed by atoms with Crippen LogP contribution < -0.4 is 0 Å². The summed E-state index contributed by atoms with van der Waals surface area (Å²) in [6.45, 7) is 3.89. The van der Waals surface area contributed by atoms with Crippen LogP contribution in [0.15, 0.2) is 0 Å². The van der Waals surface area contributed by atoms with Gasteiger partial charge in [-0.05, 0) is 6.92 Å². The third-order valence-electron chi connectivity index (χ3n) is 1.45. The van der Waals surface area contributed by atoms with Crippen LogP contribution in [-0.4, -0.2) is 30.4 Å². The van der Waals surface area contributed by atoms with Gasteiger partial charge >= 0.3 is 11.9 Å². The topological polar surface area (TPSA) is 69.7 Å². The molecule has 0 aromatic carbocycles. The maximum atomic E-state index is 10.9. The van der Waals surface area contributed by atoms with Crippen molar-refractivity contribution in [2.45, 2.75) is 33.3 Å². The molecule has 0 rings (SSSR count). The molecule has 80 valence electrons. The van der Waals surface area contributed by atoms with E-state index in [2.05, 4.69) is 4.74 Å². The predicted molar refractivity (Wildman–Crippen MR) is 47.5 cm³/mol. The molecule has 0 amide bonds. The second-order valence-electron chi connectivity index (χ2n) is 2.84. The van der Waals surface area contributed by atoms with E-state index < -0.39 is 18.0 Å². The Morgan fingerprint density at radius 2 is 1.64 bits per heavy atom. The van der Waals surface area contributed by atoms with Gasteiger partial charge in [-0.25, -0.2) is 0 Å². The lowest BCUT2D eigenvalue weighted by molar-refractivity contribution is -0.154. The van der Waals surface area contributed by atoms with Crippen molar-refractivity contribution >= 4 is 17.7 Å². The molecule has 1 unspecified atom stereocenters. The summed E-state index contributed by atoms with van der Waals surface area (Å²) >= 11 is 0. The van der Waals surface area contributed by atoms with E-state index in [9.17, 15) is 14.4 Å². The van der Waals surface area contributed by atoms with Crippen LogP contribution in [-0.2, 0) is 23.9 Å². The molecule has 0 N–H and O–H groups in total. The van der Waals surface area contributed by atoms with Crippen LogP contribution >= 0.6 is 0 Å². The number of hydrogen-bond donors (Lipinski definition) is 0. The summed E-state index contributed by atoms with van der Waals surface area (Å²) in [4.78, 5) is 31.9. The molecule has 0 heterocycles. The van der Waals surface area contributed by atoms with Crippen molar-refractivity contribution in [3.8, 4) is 0 Å². The first-order valence-corrected chi connectivity index (χ1v) is 4.24. The fourth-order valence-electron chi connectivity index (χ4n) is 0.855. The summed E-state index contributed by atoms with van der Waals surface area (Å²) in [6.07, 6.45) is -0.610. The molecular weight excluding hydrogens is 188 g/mol. The second-order valence-corrected chi connectivity index (χ2v) is 2.84. The van der Waals surface area contributed by atoms with Gasteiger partial charge in [0.15, 0.2) is 11.9 Å². The first-order valence-electron chi connectivity index (χ1n) is 4.24. The van der Waals surface area contributed by atoms with Gasteiger partial charge in [-0.15, -0.1) is 0 Å². The number of esters is 2. The van der Waals surface area contributed by atoms with E-state index in [1.165, 1.54) is 20.8 Å². The molecule has 0 aliphatic heterocycles. The van der Waals surface area contributed by atoms with Crippen LogP contribution in [0.4, 0.5) is 0 Å². The SMILES string of the molecule is CC(=O)OCCC(OC(C)=O)C(C)=O. The van der Waals surface area contributed by atoms with E-state index in [1.54, 1.807) is 0 Å². The molecule has 5 heteroatoms. The Balaban J connectivity index is 3.91. The van der Waals surface area contributed by atoms with Crippen molar-refractivity contribution in [2.75, 3.05) is 6.61 Å². The maximum Gasteiger partial charge on any atom is 0.303 e. The fraction of sp³-hybridized carbons (Fsp3) is 0.667. The van der Waals surface area contributed by atoms with Gasteiger partial charge in [0.05, 0.1) is 6.61 Å². The minimum Gasteiger partial charge on any atom is -0.466 e. The smallest absolute Gasteiger partial charge is 0.303 e. The van der Waals surface area contributed by atoms with Gasteiger partial charge in [0, 0.05) is 20.3 Å². The number of carbonyl (C=O) groups is 3. The summed E-state index contributed by atoms with van der Waals surface area (Å²) in [6, 6.07) is 0. The first kappa shape index (κ1) is 12.6. The van der Waals surface area contributed by atoms with E-state index in [4.69, 9.17) is 4.74 Å². The summed E-state index contributed by atoms with van der Waals surface area (Å²) in [5, 5.41) is 0. The monoisotopic (exact) mass is 202 g/mol. The quantitative estimate of drug-likeness (QED) is 0.606. The molecule has 0 saturated heterocycles. The molecule has 14 heavy (non-hydrogen) atoms. The third kappa shape index (κ3) is 6.16. The lowest BCUT2D eigenvalue weighted by atomic mass is 10.2. The number of Topliss-reactive ketones (excluding diaryl/α,β-unsaturated/α-hetero) is 1. The van der Waals surface area contributed by atoms with Gasteiger partial charge < -0.3 is 9.47 Å². The zero-order valence-electron chi connectivity index (χ0n) is 8.53. The lowest BCUT2D eigenvalue weighted by Crippen LogP contribution is -2.26. The van der Waals surface area contributed by atoms with Crippen LogP contribution in [0.1, 0.15) is 27.2 Å². The Morgan fingerprint density at radius 1 is 1.07 bits per heavy atom. The second kappa shape index (κ2) is 6.12. The summed E-state index contributed by atoms with van der Waals surface area (Å²) in [5.74, 6) is -1.20. The molecule has 0 aliphatic rings. The molecule has 0 radical (unpaired) electrons. The summed E-state index contributed by atoms with van der Waals surface area (Å²) in [7, 11) is 0. The van der Waals surface area contributed by atoms with Crippen LogP contribution in [0.2, 0.25) is 0 Å². The predicted octanol–water partition coefficient (Wildman–Crippen LogP) is 0.460. The van der Waals surface area contributed by atoms with Gasteiger partial charge in [-0.1, -0.05) is 0 Å². The van der Waals surface area contributed by atoms with E-state index in [0.29, 0.717) is 0 Å². The minimum atomic E-state index is -0.813. The number of hydrogen-bond acceptors (Lipinski definition) is 5. The molecule has 0 aliphatic carbocycles. The molecule has 0 saturated carbocycles. The van der Waals surface area contributed by atoms with Gasteiger partial charge in [-0.3, -0.25) is 14.4 Å². The Labute approximate surface area is 82.4 Å². The average molecular weight is 202 g/mol. The fourth-order valence-corrected chi connectivity index (χ4v) is 0.855. The lowest BCUT2D eigenvalue weighted by Gasteiger charge is -2.13. The van der Waals surface area contributed by atoms with E-state index in [0.717, 1.165) is 0 Å². The molecule has 0 bridgehead atoms. The van der Waals surface area contributed by atoms with Crippen LogP contribution in [0.5, 0.6) is 0 Å². The standard InChI is InChI=1S/C9H14O5/c1-6(10)9(14-8(3)12)4-5-13-7(2)11/h9H,4-5H2,1-3H3. The number of ketones is 1. The van der Waals surface area contributed by atoms with Crippen molar-refractivity contribution in [1.29, 1.82) is 0 Å². The molecule has 1 atom stereocenters. The molecule has 0 aromatic rings. The largest absolute Gasteiger partial charge is 0.466 e. The first-order chi connectivity index (χ1) is 6.43. The van der Waals surface area contributed by atoms with Crippen LogP contribution in [0.25, 0.3) is 0 Å². The van der Waals surface area contributed by atoms with Crippen LogP contribution in [0, 0.1) is 0 Å². The Morgan fingerprint density at radius 3 is 2.00 bits per heavy atom. The highest BCUT2D eigenvalue weighted by Gasteiger charge is 2.17. The van der Waals surface area contributed by atoms with Gasteiger partial charge in [0.1, 0.15) is 0 Å². The average Bonchev–Trinajstić information content (AvgIpc) is 2.00. The Hall–Kier alpha value is -1.39. The molecular formula is C9H14O5. The zero-order chi connectivity index (χ0) is 11.1. The maximum absolute atomic E-state index is 10.9. The third-order valence-corrected chi connectivity index (χ3v) is 1.45. The molecule has 5 nitrogen and oxygen atoms in total. The zero-order valence-corrected chi connectivity index (χ0v) is 8.53. The van der Waals surface area contributed by atoms with Crippen molar-refractivity contribution in [2.24, 2.45) is 0 Å². The molecule has 0 spiro atoms. The highest BCUT2D eigenvalue weighted by Crippen LogP contribution is 2.01. The Bertz CT molecular complexity index is 233. The van der Waals surface area contributed by atoms with Crippen molar-refractivity contribution in [3.05, 3.63) is 0 Å². The van der Waals surface area contributed by atoms with E-state index in [-0.39, 0.29) is 18.8 Å². The van der Waals surface area contributed by atoms with Gasteiger partial charge in [-0.2, -0.15) is 0 Å². The summed E-state index contributed by atoms with van der Waals surface area (Å²) < 4.78 is 9.34. The van der Waals surface area contributed by atoms with Gasteiger partial charge in [0.2, 0.25) is 0 Å². The van der Waals surface area contributed by atoms with E-state index in [1.807, 2.05) is 0 Å². The minimum absolute atomic E-state index is 0.0762. The Kier molecular flexibility index (Phi) is 5.52. The highest BCUT2D eigenvalue weighted by molar-refractivity contribution is 5.83. The number of carbonyl (C=O) groups excluding carboxylic acids is 3. The number of ether oxygens (including phenoxy) is 2. The van der Waals surface area contributed by atoms with Crippen LogP contribution in [0.3, 0.4) is 0 Å². The summed E-state index contributed by atoms with van der Waals surface area (Å²) in [5.41, 5.74) is 0. The number of rotatable bonds is 5. The van der Waals surface area contributed by atoms with Crippen molar-refractivity contribution < 1.29 is 23.9 Å². The normalized spacial score (nSPS) is 11.6. The molecule has 0 aromatic heterocycles. The highest BCUT2D eigenvalue weighted by atomic mass is 16.6. The van der Waals surface area contributed by atoms with E-state index >= 15 is 0 Å². The van der Waals surface area contributed by atoms with Crippen molar-refractivity contribution in [3.63, 3.8) is 0 Å². The van der Waals surface area contributed by atoms with Gasteiger partial charge in [0.25, 0.3) is 0 Å². The van der Waals surface area contributed by atoms with Crippen molar-refractivity contribution in [1.82, 2.24) is 0 Å². The molecule has 0 fully saturated rings.